The zero-order chi connectivity index (χ0) is 16.8. The topological polar surface area (TPSA) is 87.8 Å². The van der Waals surface area contributed by atoms with Crippen molar-refractivity contribution in [3.8, 4) is 0 Å². The van der Waals surface area contributed by atoms with E-state index in [1.807, 2.05) is 43.3 Å². The lowest BCUT2D eigenvalue weighted by Gasteiger charge is -2.11. The first kappa shape index (κ1) is 16.2. The van der Waals surface area contributed by atoms with Crippen LogP contribution in [0, 0.1) is 10.1 Å². The monoisotopic (exact) mass is 312 g/mol. The van der Waals surface area contributed by atoms with Gasteiger partial charge in [0.05, 0.1) is 11.1 Å². The van der Waals surface area contributed by atoms with E-state index in [9.17, 15) is 14.9 Å². The third kappa shape index (κ3) is 4.37. The van der Waals surface area contributed by atoms with Crippen molar-refractivity contribution >= 4 is 23.5 Å². The maximum absolute atomic E-state index is 11.9. The Morgan fingerprint density at radius 1 is 1.13 bits per heavy atom. The van der Waals surface area contributed by atoms with Crippen molar-refractivity contribution < 1.29 is 9.72 Å². The summed E-state index contributed by atoms with van der Waals surface area (Å²) in [5.41, 5.74) is 4.54. The van der Waals surface area contributed by atoms with Gasteiger partial charge in [0.25, 0.3) is 11.6 Å². The fourth-order valence-electron chi connectivity index (χ4n) is 1.82. The van der Waals surface area contributed by atoms with Gasteiger partial charge in [-0.1, -0.05) is 12.1 Å². The molecular formula is C16H16N4O3. The van der Waals surface area contributed by atoms with Gasteiger partial charge in [0.2, 0.25) is 0 Å². The van der Waals surface area contributed by atoms with Crippen LogP contribution < -0.4 is 10.3 Å². The number of hydrazone groups is 1. The number of amides is 1. The number of nitro groups is 1. The lowest BCUT2D eigenvalue weighted by molar-refractivity contribution is -0.384. The predicted molar refractivity (Wildman–Crippen MR) is 88.9 cm³/mol. The summed E-state index contributed by atoms with van der Waals surface area (Å²) in [6.07, 6.45) is 1.53. The number of nitrogens with one attached hydrogen (secondary N) is 1. The molecule has 0 aliphatic heterocycles. The first-order chi connectivity index (χ1) is 11.0. The summed E-state index contributed by atoms with van der Waals surface area (Å²) in [5, 5.41) is 14.4. The summed E-state index contributed by atoms with van der Waals surface area (Å²) in [6.45, 7) is 0. The summed E-state index contributed by atoms with van der Waals surface area (Å²) in [5.74, 6) is -0.430. The first-order valence-electron chi connectivity index (χ1n) is 6.82. The van der Waals surface area contributed by atoms with Gasteiger partial charge in [0.1, 0.15) is 0 Å². The van der Waals surface area contributed by atoms with E-state index in [2.05, 4.69) is 10.5 Å². The van der Waals surface area contributed by atoms with Crippen LogP contribution in [-0.2, 0) is 0 Å². The molecule has 0 saturated carbocycles. The van der Waals surface area contributed by atoms with Crippen LogP contribution in [0.4, 0.5) is 11.4 Å². The molecule has 2 aromatic rings. The van der Waals surface area contributed by atoms with Crippen molar-refractivity contribution in [2.75, 3.05) is 19.0 Å². The number of nitrogens with zero attached hydrogens (tertiary/aromatic N) is 3. The Balaban J connectivity index is 1.96. The molecule has 1 N–H and O–H groups in total. The second-order valence-electron chi connectivity index (χ2n) is 4.99. The van der Waals surface area contributed by atoms with E-state index in [1.165, 1.54) is 30.5 Å². The summed E-state index contributed by atoms with van der Waals surface area (Å²) in [7, 11) is 3.90. The van der Waals surface area contributed by atoms with Crippen LogP contribution in [-0.4, -0.2) is 31.1 Å². The van der Waals surface area contributed by atoms with Crippen LogP contribution in [0.25, 0.3) is 0 Å². The fourth-order valence-corrected chi connectivity index (χ4v) is 1.82. The van der Waals surface area contributed by atoms with Crippen LogP contribution in [0.1, 0.15) is 15.9 Å². The van der Waals surface area contributed by atoms with E-state index < -0.39 is 10.8 Å². The number of carbonyl (C=O) groups is 1. The number of anilines is 1. The van der Waals surface area contributed by atoms with E-state index in [4.69, 9.17) is 0 Å². The molecular weight excluding hydrogens is 296 g/mol. The van der Waals surface area contributed by atoms with E-state index in [0.29, 0.717) is 5.56 Å². The molecule has 0 atom stereocenters. The lowest BCUT2D eigenvalue weighted by Crippen LogP contribution is -2.17. The molecule has 2 rings (SSSR count). The van der Waals surface area contributed by atoms with Crippen LogP contribution in [0.3, 0.4) is 0 Å². The Morgan fingerprint density at radius 2 is 1.74 bits per heavy atom. The van der Waals surface area contributed by atoms with E-state index in [1.54, 1.807) is 0 Å². The van der Waals surface area contributed by atoms with Crippen molar-refractivity contribution in [3.05, 3.63) is 69.8 Å². The fraction of sp³-hybridized carbons (Fsp3) is 0.125. The molecule has 7 heteroatoms. The molecule has 0 aliphatic carbocycles. The van der Waals surface area contributed by atoms with E-state index in [0.717, 1.165) is 11.3 Å². The Bertz CT molecular complexity index is 722. The molecule has 2 aromatic carbocycles. The Kier molecular flexibility index (Phi) is 5.03. The van der Waals surface area contributed by atoms with Gasteiger partial charge in [-0.3, -0.25) is 14.9 Å². The molecule has 0 unspecified atom stereocenters. The molecule has 0 aliphatic rings. The maximum atomic E-state index is 11.9. The molecule has 0 aromatic heterocycles. The van der Waals surface area contributed by atoms with E-state index in [-0.39, 0.29) is 5.69 Å². The highest BCUT2D eigenvalue weighted by Crippen LogP contribution is 2.12. The highest BCUT2D eigenvalue weighted by atomic mass is 16.6. The Hall–Kier alpha value is -3.22. The van der Waals surface area contributed by atoms with Crippen LogP contribution in [0.2, 0.25) is 0 Å². The number of hydrogen-bond donors (Lipinski definition) is 1. The predicted octanol–water partition coefficient (Wildman–Crippen LogP) is 2.42. The number of rotatable bonds is 5. The van der Waals surface area contributed by atoms with Gasteiger partial charge in [-0.15, -0.1) is 0 Å². The molecule has 0 saturated heterocycles. The molecule has 0 fully saturated rings. The van der Waals surface area contributed by atoms with Crippen LogP contribution in [0.5, 0.6) is 0 Å². The van der Waals surface area contributed by atoms with Crippen molar-refractivity contribution in [2.45, 2.75) is 0 Å². The molecule has 23 heavy (non-hydrogen) atoms. The van der Waals surface area contributed by atoms with E-state index >= 15 is 0 Å². The highest BCUT2D eigenvalue weighted by Gasteiger charge is 2.08. The first-order valence-corrected chi connectivity index (χ1v) is 6.82. The summed E-state index contributed by atoms with van der Waals surface area (Å²) in [4.78, 5) is 23.9. The van der Waals surface area contributed by atoms with Gasteiger partial charge in [0, 0.05) is 37.5 Å². The molecule has 0 spiro atoms. The normalized spacial score (nSPS) is 10.5. The average Bonchev–Trinajstić information content (AvgIpc) is 2.55. The van der Waals surface area contributed by atoms with Gasteiger partial charge >= 0.3 is 0 Å². The van der Waals surface area contributed by atoms with Crippen molar-refractivity contribution in [3.63, 3.8) is 0 Å². The maximum Gasteiger partial charge on any atom is 0.271 e. The standard InChI is InChI=1S/C16H16N4O3/c1-19(2)14-7-3-12(4-8-14)11-17-18-16(21)13-5-9-15(10-6-13)20(22)23/h3-11H,1-2H3,(H,18,21)/b17-11+. The molecule has 7 nitrogen and oxygen atoms in total. The SMILES string of the molecule is CN(C)c1ccc(/C=N/NC(=O)c2ccc([N+](=O)[O-])cc2)cc1. The Labute approximate surface area is 133 Å². The molecule has 0 radical (unpaired) electrons. The average molecular weight is 312 g/mol. The zero-order valence-corrected chi connectivity index (χ0v) is 12.8. The number of hydrogen-bond acceptors (Lipinski definition) is 5. The van der Waals surface area contributed by atoms with Gasteiger partial charge in [-0.25, -0.2) is 5.43 Å². The molecule has 0 bridgehead atoms. The molecule has 118 valence electrons. The minimum atomic E-state index is -0.517. The Morgan fingerprint density at radius 3 is 2.26 bits per heavy atom. The highest BCUT2D eigenvalue weighted by molar-refractivity contribution is 5.95. The third-order valence-corrected chi connectivity index (χ3v) is 3.13. The summed E-state index contributed by atoms with van der Waals surface area (Å²) in [6, 6.07) is 13.0. The largest absolute Gasteiger partial charge is 0.378 e. The van der Waals surface area contributed by atoms with Crippen molar-refractivity contribution in [1.29, 1.82) is 0 Å². The van der Waals surface area contributed by atoms with Gasteiger partial charge in [0.15, 0.2) is 0 Å². The number of non-ortho nitro benzene ring substituents is 1. The van der Waals surface area contributed by atoms with Crippen molar-refractivity contribution in [2.24, 2.45) is 5.10 Å². The minimum absolute atomic E-state index is 0.0639. The second-order valence-corrected chi connectivity index (χ2v) is 4.99. The van der Waals surface area contributed by atoms with Crippen LogP contribution >= 0.6 is 0 Å². The zero-order valence-electron chi connectivity index (χ0n) is 12.8. The van der Waals surface area contributed by atoms with Gasteiger partial charge in [-0.05, 0) is 29.8 Å². The minimum Gasteiger partial charge on any atom is -0.378 e. The van der Waals surface area contributed by atoms with Crippen LogP contribution in [0.15, 0.2) is 53.6 Å². The number of nitro benzene ring substituents is 1. The summed E-state index contributed by atoms with van der Waals surface area (Å²) < 4.78 is 0. The third-order valence-electron chi connectivity index (χ3n) is 3.13. The van der Waals surface area contributed by atoms with Crippen molar-refractivity contribution in [1.82, 2.24) is 5.43 Å². The quantitative estimate of drug-likeness (QED) is 0.522. The second kappa shape index (κ2) is 7.17. The lowest BCUT2D eigenvalue weighted by atomic mass is 10.2. The van der Waals surface area contributed by atoms with Gasteiger partial charge < -0.3 is 4.90 Å². The number of carbonyl (C=O) groups excluding carboxylic acids is 1. The number of benzene rings is 2. The molecule has 0 heterocycles. The smallest absolute Gasteiger partial charge is 0.271 e. The molecule has 1 amide bonds. The summed E-state index contributed by atoms with van der Waals surface area (Å²) >= 11 is 0. The van der Waals surface area contributed by atoms with Gasteiger partial charge in [-0.2, -0.15) is 5.10 Å².